The fraction of sp³-hybridized carbons (Fsp3) is 0. The molecule has 0 aliphatic rings. The van der Waals surface area contributed by atoms with Crippen LogP contribution in [0.2, 0.25) is 0 Å². The first kappa shape index (κ1) is 31.8. The summed E-state index contributed by atoms with van der Waals surface area (Å²) in [5.74, 6) is 0. The molecule has 40 heavy (non-hydrogen) atoms. The zero-order valence-corrected chi connectivity index (χ0v) is 27.0. The van der Waals surface area contributed by atoms with E-state index >= 15 is 0 Å². The van der Waals surface area contributed by atoms with Gasteiger partial charge in [0.25, 0.3) is 0 Å². The normalized spacial score (nSPS) is 10.1. The van der Waals surface area contributed by atoms with E-state index in [9.17, 15) is 0 Å². The fourth-order valence-corrected chi connectivity index (χ4v) is 8.97. The van der Waals surface area contributed by atoms with Crippen LogP contribution in [0.15, 0.2) is 182 Å². The second-order valence-electron chi connectivity index (χ2n) is 8.68. The maximum atomic E-state index is 2.23. The van der Waals surface area contributed by atoms with Crippen molar-refractivity contribution >= 4 is 64.7 Å². The number of hydrogen-bond donors (Lipinski definition) is 0. The molecule has 0 atom stereocenters. The van der Waals surface area contributed by atoms with Gasteiger partial charge in [0, 0.05) is 20.4 Å². The maximum Gasteiger partial charge on any atom is 0 e. The zero-order valence-electron chi connectivity index (χ0n) is 21.9. The molecule has 0 radical (unpaired) electrons. The summed E-state index contributed by atoms with van der Waals surface area (Å²) in [4.78, 5) is 0. The van der Waals surface area contributed by atoms with E-state index in [0.29, 0.717) is 0 Å². The number of benzene rings is 6. The summed E-state index contributed by atoms with van der Waals surface area (Å²) >= 11 is 0. The monoisotopic (exact) mass is 710 g/mol. The van der Waals surface area contributed by atoms with Crippen LogP contribution in [0.1, 0.15) is 0 Å². The Bertz CT molecular complexity index is 1180. The summed E-state index contributed by atoms with van der Waals surface area (Å²) in [5, 5.41) is 8.39. The molecular weight excluding hydrogens is 681 g/mol. The Morgan fingerprint density at radius 3 is 0.475 bits per heavy atom. The molecule has 0 saturated heterocycles. The van der Waals surface area contributed by atoms with E-state index in [2.05, 4.69) is 182 Å². The number of halogens is 1. The van der Waals surface area contributed by atoms with Crippen molar-refractivity contribution in [2.24, 2.45) is 0 Å². The summed E-state index contributed by atoms with van der Waals surface area (Å²) in [6, 6.07) is 64.7. The van der Waals surface area contributed by atoms with Crippen molar-refractivity contribution in [3.8, 4) is 0 Å². The first-order valence-corrected chi connectivity index (χ1v) is 15.5. The molecular formula is C36H31BrP2Pd. The standard InChI is InChI=1S/2C18H15P.BrH.Pd/c2*1-4-10-16(11-5-1)19(17-12-6-2-7-13-17)18-14-8-3-9-15-18;;/h2*1-15H;1H;. The van der Waals surface area contributed by atoms with Gasteiger partial charge in [0.2, 0.25) is 0 Å². The van der Waals surface area contributed by atoms with Crippen molar-refractivity contribution in [1.82, 2.24) is 0 Å². The van der Waals surface area contributed by atoms with Gasteiger partial charge in [-0.15, -0.1) is 17.0 Å². The van der Waals surface area contributed by atoms with Crippen LogP contribution in [0.5, 0.6) is 0 Å². The van der Waals surface area contributed by atoms with Crippen LogP contribution >= 0.6 is 32.8 Å². The third-order valence-corrected chi connectivity index (χ3v) is 11.0. The molecule has 202 valence electrons. The van der Waals surface area contributed by atoms with Crippen LogP contribution in [0.25, 0.3) is 0 Å². The van der Waals surface area contributed by atoms with E-state index in [1.54, 1.807) is 0 Å². The minimum absolute atomic E-state index is 0. The van der Waals surface area contributed by atoms with Gasteiger partial charge < -0.3 is 0 Å². The van der Waals surface area contributed by atoms with E-state index in [4.69, 9.17) is 0 Å². The van der Waals surface area contributed by atoms with E-state index in [-0.39, 0.29) is 37.4 Å². The Balaban J connectivity index is 0.000000210. The fourth-order valence-electron chi connectivity index (χ4n) is 4.36. The summed E-state index contributed by atoms with van der Waals surface area (Å²) in [6.07, 6.45) is 0. The van der Waals surface area contributed by atoms with Crippen LogP contribution in [0.4, 0.5) is 0 Å². The van der Waals surface area contributed by atoms with Crippen molar-refractivity contribution in [3.05, 3.63) is 182 Å². The molecule has 0 saturated carbocycles. The van der Waals surface area contributed by atoms with Gasteiger partial charge in [0.05, 0.1) is 0 Å². The molecule has 0 aliphatic carbocycles. The van der Waals surface area contributed by atoms with E-state index in [1.807, 2.05) is 0 Å². The average Bonchev–Trinajstić information content (AvgIpc) is 3.01. The Morgan fingerprint density at radius 1 is 0.225 bits per heavy atom. The summed E-state index contributed by atoms with van der Waals surface area (Å²) in [6.45, 7) is 0. The molecule has 0 nitrogen and oxygen atoms in total. The van der Waals surface area contributed by atoms with Crippen molar-refractivity contribution in [2.75, 3.05) is 0 Å². The smallest absolute Gasteiger partial charge is 0 e. The molecule has 6 aromatic carbocycles. The van der Waals surface area contributed by atoms with E-state index in [1.165, 1.54) is 31.8 Å². The zero-order chi connectivity index (χ0) is 25.8. The van der Waals surface area contributed by atoms with Gasteiger partial charge in [0.1, 0.15) is 0 Å². The summed E-state index contributed by atoms with van der Waals surface area (Å²) < 4.78 is 0. The van der Waals surface area contributed by atoms with Gasteiger partial charge in [0.15, 0.2) is 0 Å². The van der Waals surface area contributed by atoms with Gasteiger partial charge in [-0.1, -0.05) is 182 Å². The molecule has 0 fully saturated rings. The molecule has 0 N–H and O–H groups in total. The Hall–Kier alpha value is -2.68. The average molecular weight is 712 g/mol. The topological polar surface area (TPSA) is 0 Å². The Labute approximate surface area is 265 Å². The third kappa shape index (κ3) is 8.66. The molecule has 0 aliphatic heterocycles. The van der Waals surface area contributed by atoms with Crippen LogP contribution in [-0.2, 0) is 20.4 Å². The first-order chi connectivity index (χ1) is 18.9. The summed E-state index contributed by atoms with van der Waals surface area (Å²) in [7, 11) is -0.892. The molecule has 6 rings (SSSR count). The molecule has 6 aromatic rings. The van der Waals surface area contributed by atoms with Gasteiger partial charge in [-0.2, -0.15) is 0 Å². The number of hydrogen-bond acceptors (Lipinski definition) is 0. The summed E-state index contributed by atoms with van der Waals surface area (Å²) in [5.41, 5.74) is 0. The molecule has 0 aromatic heterocycles. The van der Waals surface area contributed by atoms with Gasteiger partial charge in [-0.25, -0.2) is 0 Å². The Kier molecular flexibility index (Phi) is 13.7. The first-order valence-electron chi connectivity index (χ1n) is 12.8. The molecule has 4 heteroatoms. The second kappa shape index (κ2) is 17.2. The molecule has 0 amide bonds. The molecule has 0 unspecified atom stereocenters. The van der Waals surface area contributed by atoms with Gasteiger partial charge in [-0.3, -0.25) is 0 Å². The largest absolute Gasteiger partial charge is 0.114 e. The molecule has 0 bridgehead atoms. The third-order valence-electron chi connectivity index (χ3n) is 6.09. The maximum absolute atomic E-state index is 2.23. The van der Waals surface area contributed by atoms with Gasteiger partial charge >= 0.3 is 0 Å². The molecule has 0 spiro atoms. The van der Waals surface area contributed by atoms with E-state index in [0.717, 1.165) is 0 Å². The van der Waals surface area contributed by atoms with Crippen molar-refractivity contribution in [2.45, 2.75) is 0 Å². The van der Waals surface area contributed by atoms with Crippen LogP contribution in [-0.4, -0.2) is 0 Å². The van der Waals surface area contributed by atoms with Crippen LogP contribution in [0, 0.1) is 0 Å². The Morgan fingerprint density at radius 2 is 0.350 bits per heavy atom. The SMILES string of the molecule is Br.[Pd].c1ccc(P(c2ccccc2)c2ccccc2)cc1.c1ccc(P(c2ccccc2)c2ccccc2)cc1. The second-order valence-corrected chi connectivity index (χ2v) is 13.1. The predicted molar refractivity (Wildman–Crippen MR) is 181 cm³/mol. The van der Waals surface area contributed by atoms with Crippen LogP contribution < -0.4 is 31.8 Å². The van der Waals surface area contributed by atoms with Crippen molar-refractivity contribution < 1.29 is 20.4 Å². The van der Waals surface area contributed by atoms with Crippen molar-refractivity contribution in [3.63, 3.8) is 0 Å². The van der Waals surface area contributed by atoms with Crippen molar-refractivity contribution in [1.29, 1.82) is 0 Å². The molecule has 0 heterocycles. The predicted octanol–water partition coefficient (Wildman–Crippen LogP) is 7.47. The minimum atomic E-state index is -0.446. The minimum Gasteiger partial charge on any atom is -0.114 e. The van der Waals surface area contributed by atoms with E-state index < -0.39 is 15.8 Å². The quantitative estimate of drug-likeness (QED) is 0.124. The van der Waals surface area contributed by atoms with Gasteiger partial charge in [-0.05, 0) is 47.7 Å². The van der Waals surface area contributed by atoms with Crippen LogP contribution in [0.3, 0.4) is 0 Å². The number of rotatable bonds is 6.